The Morgan fingerprint density at radius 2 is 2.00 bits per heavy atom. The number of nitrogens with one attached hydrogen (secondary N) is 1. The molecular formula is C14H20ClN5O3S. The average Bonchev–Trinajstić information content (AvgIpc) is 3.00. The van der Waals surface area contributed by atoms with Crippen LogP contribution in [-0.4, -0.2) is 66.2 Å². The summed E-state index contributed by atoms with van der Waals surface area (Å²) >= 11 is 0. The van der Waals surface area contributed by atoms with Crippen LogP contribution in [0.5, 0.6) is 0 Å². The molecule has 0 aromatic carbocycles. The Kier molecular flexibility index (Phi) is 5.81. The van der Waals surface area contributed by atoms with Crippen molar-refractivity contribution in [3.05, 3.63) is 24.5 Å². The molecule has 0 spiro atoms. The highest BCUT2D eigenvalue weighted by atomic mass is 35.5. The second-order valence-electron chi connectivity index (χ2n) is 5.38. The maximum Gasteiger partial charge on any atom is 0.245 e. The molecule has 0 bridgehead atoms. The summed E-state index contributed by atoms with van der Waals surface area (Å²) in [6.07, 6.45) is 3.37. The first kappa shape index (κ1) is 18.7. The second-order valence-corrected chi connectivity index (χ2v) is 7.28. The van der Waals surface area contributed by atoms with Gasteiger partial charge in [-0.15, -0.1) is 12.4 Å². The first-order chi connectivity index (χ1) is 11.0. The van der Waals surface area contributed by atoms with Gasteiger partial charge in [-0.05, 0) is 12.1 Å². The number of carbonyl (C=O) groups is 1. The fourth-order valence-electron chi connectivity index (χ4n) is 2.74. The summed E-state index contributed by atoms with van der Waals surface area (Å²) in [6, 6.07) is 3.44. The van der Waals surface area contributed by atoms with Gasteiger partial charge in [0.05, 0.1) is 0 Å². The van der Waals surface area contributed by atoms with Crippen LogP contribution in [0.25, 0.3) is 11.0 Å². The SMILES string of the molecule is Cl.NCCC(=O)N1CCN(S(=O)(=O)c2c[nH]c3ncccc23)CC1. The molecule has 3 rings (SSSR count). The number of H-pyrrole nitrogens is 1. The molecule has 1 amide bonds. The monoisotopic (exact) mass is 373 g/mol. The van der Waals surface area contributed by atoms with Crippen LogP contribution < -0.4 is 5.73 Å². The summed E-state index contributed by atoms with van der Waals surface area (Å²) in [7, 11) is -3.61. The van der Waals surface area contributed by atoms with Gasteiger partial charge in [-0.25, -0.2) is 13.4 Å². The van der Waals surface area contributed by atoms with Crippen molar-refractivity contribution in [3.63, 3.8) is 0 Å². The van der Waals surface area contributed by atoms with Crippen LogP contribution in [0.4, 0.5) is 0 Å². The van der Waals surface area contributed by atoms with Gasteiger partial charge in [0.15, 0.2) is 0 Å². The van der Waals surface area contributed by atoms with E-state index in [1.165, 1.54) is 10.5 Å². The van der Waals surface area contributed by atoms with Crippen LogP contribution in [0.1, 0.15) is 6.42 Å². The molecule has 1 aliphatic rings. The lowest BCUT2D eigenvalue weighted by atomic mass is 10.3. The van der Waals surface area contributed by atoms with Gasteiger partial charge in [0.25, 0.3) is 0 Å². The molecule has 3 heterocycles. The van der Waals surface area contributed by atoms with E-state index in [4.69, 9.17) is 5.73 Å². The zero-order chi connectivity index (χ0) is 16.4. The molecule has 132 valence electrons. The van der Waals surface area contributed by atoms with E-state index in [-0.39, 0.29) is 36.3 Å². The fraction of sp³-hybridized carbons (Fsp3) is 0.429. The Morgan fingerprint density at radius 1 is 1.29 bits per heavy atom. The van der Waals surface area contributed by atoms with E-state index in [0.717, 1.165) is 0 Å². The molecule has 0 saturated carbocycles. The van der Waals surface area contributed by atoms with Crippen LogP contribution in [0.15, 0.2) is 29.4 Å². The minimum Gasteiger partial charge on any atom is -0.345 e. The number of rotatable bonds is 4. The molecule has 0 radical (unpaired) electrons. The molecule has 8 nitrogen and oxygen atoms in total. The smallest absolute Gasteiger partial charge is 0.245 e. The van der Waals surface area contributed by atoms with Gasteiger partial charge in [-0.2, -0.15) is 4.31 Å². The zero-order valence-corrected chi connectivity index (χ0v) is 14.6. The number of piperazine rings is 1. The van der Waals surface area contributed by atoms with Crippen molar-refractivity contribution in [1.29, 1.82) is 0 Å². The van der Waals surface area contributed by atoms with Gasteiger partial charge in [0, 0.05) is 56.9 Å². The first-order valence-corrected chi connectivity index (χ1v) is 8.88. The summed E-state index contributed by atoms with van der Waals surface area (Å²) in [6.45, 7) is 1.65. The lowest BCUT2D eigenvalue weighted by Gasteiger charge is -2.33. The molecule has 2 aromatic rings. The van der Waals surface area contributed by atoms with Gasteiger partial charge >= 0.3 is 0 Å². The molecule has 0 atom stereocenters. The lowest BCUT2D eigenvalue weighted by Crippen LogP contribution is -2.50. The van der Waals surface area contributed by atoms with Gasteiger partial charge in [0.2, 0.25) is 15.9 Å². The van der Waals surface area contributed by atoms with E-state index in [0.29, 0.717) is 37.1 Å². The number of fused-ring (bicyclic) bond motifs is 1. The van der Waals surface area contributed by atoms with Crippen LogP contribution >= 0.6 is 12.4 Å². The highest BCUT2D eigenvalue weighted by Crippen LogP contribution is 2.25. The number of sulfonamides is 1. The molecule has 3 N–H and O–H groups in total. The second kappa shape index (κ2) is 7.47. The number of halogens is 1. The van der Waals surface area contributed by atoms with Gasteiger partial charge in [-0.1, -0.05) is 0 Å². The number of hydrogen-bond donors (Lipinski definition) is 2. The van der Waals surface area contributed by atoms with Gasteiger partial charge < -0.3 is 15.6 Å². The predicted octanol–water partition coefficient (Wildman–Crippen LogP) is 0.166. The third kappa shape index (κ3) is 3.39. The number of nitrogens with two attached hydrogens (primary N) is 1. The number of amides is 1. The number of aromatic nitrogens is 2. The maximum absolute atomic E-state index is 12.8. The van der Waals surface area contributed by atoms with E-state index in [2.05, 4.69) is 9.97 Å². The van der Waals surface area contributed by atoms with Crippen molar-refractivity contribution >= 4 is 39.4 Å². The number of aromatic amines is 1. The molecule has 1 aliphatic heterocycles. The van der Waals surface area contributed by atoms with E-state index in [1.807, 2.05) is 0 Å². The first-order valence-electron chi connectivity index (χ1n) is 7.44. The molecule has 1 fully saturated rings. The van der Waals surface area contributed by atoms with E-state index in [1.54, 1.807) is 23.2 Å². The van der Waals surface area contributed by atoms with Crippen LogP contribution in [0.2, 0.25) is 0 Å². The highest BCUT2D eigenvalue weighted by molar-refractivity contribution is 7.89. The molecule has 10 heteroatoms. The molecular weight excluding hydrogens is 354 g/mol. The van der Waals surface area contributed by atoms with Crippen molar-refractivity contribution in [2.45, 2.75) is 11.3 Å². The quantitative estimate of drug-likeness (QED) is 0.793. The average molecular weight is 374 g/mol. The lowest BCUT2D eigenvalue weighted by molar-refractivity contribution is -0.132. The molecule has 24 heavy (non-hydrogen) atoms. The molecule has 2 aromatic heterocycles. The van der Waals surface area contributed by atoms with E-state index >= 15 is 0 Å². The number of pyridine rings is 1. The van der Waals surface area contributed by atoms with Gasteiger partial charge in [-0.3, -0.25) is 4.79 Å². The predicted molar refractivity (Wildman–Crippen MR) is 92.4 cm³/mol. The van der Waals surface area contributed by atoms with Crippen molar-refractivity contribution in [3.8, 4) is 0 Å². The molecule has 0 aliphatic carbocycles. The highest BCUT2D eigenvalue weighted by Gasteiger charge is 2.31. The van der Waals surface area contributed by atoms with Crippen LogP contribution in [-0.2, 0) is 14.8 Å². The third-order valence-electron chi connectivity index (χ3n) is 3.98. The topological polar surface area (TPSA) is 112 Å². The third-order valence-corrected chi connectivity index (χ3v) is 5.92. The standard InChI is InChI=1S/C14H19N5O3S.ClH/c15-4-3-13(20)18-6-8-19(9-7-18)23(21,22)12-10-17-14-11(12)2-1-5-16-14;/h1-2,5,10H,3-4,6-9,15H2,(H,16,17);1H. The van der Waals surface area contributed by atoms with Crippen molar-refractivity contribution in [2.75, 3.05) is 32.7 Å². The zero-order valence-electron chi connectivity index (χ0n) is 13.0. The summed E-state index contributed by atoms with van der Waals surface area (Å²) in [4.78, 5) is 20.7. The number of nitrogens with zero attached hydrogens (tertiary/aromatic N) is 3. The minimum atomic E-state index is -3.61. The molecule has 1 saturated heterocycles. The van der Waals surface area contributed by atoms with E-state index < -0.39 is 10.0 Å². The van der Waals surface area contributed by atoms with Crippen LogP contribution in [0.3, 0.4) is 0 Å². The Morgan fingerprint density at radius 3 is 2.67 bits per heavy atom. The Labute approximate surface area is 146 Å². The molecule has 0 unspecified atom stereocenters. The minimum absolute atomic E-state index is 0. The Hall–Kier alpha value is -1.68. The van der Waals surface area contributed by atoms with E-state index in [9.17, 15) is 13.2 Å². The summed E-state index contributed by atoms with van der Waals surface area (Å²) in [5, 5.41) is 0.578. The number of hydrogen-bond acceptors (Lipinski definition) is 5. The summed E-state index contributed by atoms with van der Waals surface area (Å²) in [5.74, 6) is -0.0270. The largest absolute Gasteiger partial charge is 0.345 e. The maximum atomic E-state index is 12.8. The summed E-state index contributed by atoms with van der Waals surface area (Å²) in [5.41, 5.74) is 5.93. The summed E-state index contributed by atoms with van der Waals surface area (Å²) < 4.78 is 27.1. The Balaban J connectivity index is 0.00000208. The van der Waals surface area contributed by atoms with Gasteiger partial charge in [0.1, 0.15) is 10.5 Å². The van der Waals surface area contributed by atoms with Crippen molar-refractivity contribution < 1.29 is 13.2 Å². The van der Waals surface area contributed by atoms with Crippen molar-refractivity contribution in [2.24, 2.45) is 5.73 Å². The fourth-order valence-corrected chi connectivity index (χ4v) is 4.32. The normalized spacial score (nSPS) is 16.1. The van der Waals surface area contributed by atoms with Crippen LogP contribution in [0, 0.1) is 0 Å². The van der Waals surface area contributed by atoms with Crippen molar-refractivity contribution in [1.82, 2.24) is 19.2 Å². The Bertz CT molecular complexity index is 815. The number of carbonyl (C=O) groups excluding carboxylic acids is 1.